The maximum atomic E-state index is 5.90. The van der Waals surface area contributed by atoms with Gasteiger partial charge in [0.05, 0.1) is 0 Å². The zero-order valence-corrected chi connectivity index (χ0v) is 14.9. The first-order chi connectivity index (χ1) is 12.3. The highest BCUT2D eigenvalue weighted by atomic mass is 35.5. The van der Waals surface area contributed by atoms with Gasteiger partial charge in [-0.2, -0.15) is 0 Å². The van der Waals surface area contributed by atoms with E-state index in [0.29, 0.717) is 6.61 Å². The summed E-state index contributed by atoms with van der Waals surface area (Å²) in [5, 5.41) is 4.23. The minimum Gasteiger partial charge on any atom is -0.489 e. The fourth-order valence-electron chi connectivity index (χ4n) is 2.60. The molecule has 3 aromatic carbocycles. The molecule has 0 bridgehead atoms. The van der Waals surface area contributed by atoms with Crippen molar-refractivity contribution in [3.05, 3.63) is 101 Å². The number of halogens is 1. The van der Waals surface area contributed by atoms with Gasteiger partial charge in [-0.3, -0.25) is 0 Å². The first kappa shape index (κ1) is 17.5. The molecule has 3 aromatic rings. The molecule has 0 unspecified atom stereocenters. The van der Waals surface area contributed by atoms with E-state index in [4.69, 9.17) is 16.3 Å². The molecule has 3 heteroatoms. The second-order valence-electron chi connectivity index (χ2n) is 5.97. The maximum Gasteiger partial charge on any atom is 0.120 e. The predicted molar refractivity (Wildman–Crippen MR) is 104 cm³/mol. The molecule has 0 fully saturated rings. The molecule has 0 saturated carbocycles. The zero-order chi connectivity index (χ0) is 17.3. The molecule has 0 saturated heterocycles. The van der Waals surface area contributed by atoms with Crippen LogP contribution < -0.4 is 10.1 Å². The lowest BCUT2D eigenvalue weighted by atomic mass is 10.1. The van der Waals surface area contributed by atoms with E-state index in [9.17, 15) is 0 Å². The van der Waals surface area contributed by atoms with Gasteiger partial charge in [-0.25, -0.2) is 0 Å². The smallest absolute Gasteiger partial charge is 0.120 e. The summed E-state index contributed by atoms with van der Waals surface area (Å²) in [6.07, 6.45) is 1.04. The molecule has 0 aliphatic heterocycles. The topological polar surface area (TPSA) is 21.3 Å². The Hall–Kier alpha value is -2.29. The van der Waals surface area contributed by atoms with Crippen molar-refractivity contribution in [1.82, 2.24) is 5.32 Å². The van der Waals surface area contributed by atoms with E-state index in [1.54, 1.807) is 0 Å². The first-order valence-corrected chi connectivity index (χ1v) is 8.88. The van der Waals surface area contributed by atoms with Gasteiger partial charge in [-0.1, -0.05) is 66.2 Å². The van der Waals surface area contributed by atoms with E-state index in [2.05, 4.69) is 41.7 Å². The van der Waals surface area contributed by atoms with Crippen LogP contribution in [0.4, 0.5) is 0 Å². The Morgan fingerprint density at radius 1 is 0.760 bits per heavy atom. The summed E-state index contributed by atoms with van der Waals surface area (Å²) < 4.78 is 5.88. The van der Waals surface area contributed by atoms with Gasteiger partial charge >= 0.3 is 0 Å². The van der Waals surface area contributed by atoms with Crippen LogP contribution in [-0.2, 0) is 19.6 Å². The van der Waals surface area contributed by atoms with Gasteiger partial charge in [0, 0.05) is 11.6 Å². The first-order valence-electron chi connectivity index (χ1n) is 8.50. The van der Waals surface area contributed by atoms with Gasteiger partial charge in [0.15, 0.2) is 0 Å². The third-order valence-electron chi connectivity index (χ3n) is 3.98. The van der Waals surface area contributed by atoms with Crippen molar-refractivity contribution in [3.63, 3.8) is 0 Å². The van der Waals surface area contributed by atoms with Crippen LogP contribution in [0.15, 0.2) is 78.9 Å². The lowest BCUT2D eigenvalue weighted by molar-refractivity contribution is 0.306. The standard InChI is InChI=1S/C22H22ClNO/c23-21-11-9-19(10-12-21)17-25-22-8-4-7-20(15-22)16-24-14-13-18-5-2-1-3-6-18/h1-12,15,24H,13-14,16-17H2. The molecule has 3 rings (SSSR count). The number of hydrogen-bond donors (Lipinski definition) is 1. The molecule has 0 radical (unpaired) electrons. The van der Waals surface area contributed by atoms with Crippen molar-refractivity contribution in [2.45, 2.75) is 19.6 Å². The van der Waals surface area contributed by atoms with Crippen LogP contribution >= 0.6 is 11.6 Å². The number of nitrogens with one attached hydrogen (secondary N) is 1. The van der Waals surface area contributed by atoms with Crippen LogP contribution in [-0.4, -0.2) is 6.54 Å². The number of rotatable bonds is 8. The number of hydrogen-bond acceptors (Lipinski definition) is 2. The fraction of sp³-hybridized carbons (Fsp3) is 0.182. The van der Waals surface area contributed by atoms with Crippen LogP contribution in [0.3, 0.4) is 0 Å². The molecule has 128 valence electrons. The molecule has 0 amide bonds. The zero-order valence-electron chi connectivity index (χ0n) is 14.1. The summed E-state index contributed by atoms with van der Waals surface area (Å²) in [4.78, 5) is 0. The van der Waals surface area contributed by atoms with E-state index in [1.165, 1.54) is 11.1 Å². The Morgan fingerprint density at radius 2 is 1.52 bits per heavy atom. The van der Waals surface area contributed by atoms with Crippen LogP contribution in [0.1, 0.15) is 16.7 Å². The van der Waals surface area contributed by atoms with Gasteiger partial charge in [-0.15, -0.1) is 0 Å². The van der Waals surface area contributed by atoms with E-state index in [-0.39, 0.29) is 0 Å². The van der Waals surface area contributed by atoms with Gasteiger partial charge in [-0.05, 0) is 53.9 Å². The quantitative estimate of drug-likeness (QED) is 0.559. The molecule has 2 nitrogen and oxygen atoms in total. The third-order valence-corrected chi connectivity index (χ3v) is 4.23. The van der Waals surface area contributed by atoms with Crippen molar-refractivity contribution in [3.8, 4) is 5.75 Å². The summed E-state index contributed by atoms with van der Waals surface area (Å²) in [5.41, 5.74) is 3.69. The summed E-state index contributed by atoms with van der Waals surface area (Å²) in [5.74, 6) is 0.886. The largest absolute Gasteiger partial charge is 0.489 e. The Balaban J connectivity index is 1.45. The Morgan fingerprint density at radius 3 is 2.32 bits per heavy atom. The van der Waals surface area contributed by atoms with Gasteiger partial charge in [0.1, 0.15) is 12.4 Å². The summed E-state index contributed by atoms with van der Waals surface area (Å²) in [6.45, 7) is 2.34. The van der Waals surface area contributed by atoms with Crippen LogP contribution in [0.25, 0.3) is 0 Å². The second-order valence-corrected chi connectivity index (χ2v) is 6.41. The molecule has 0 aliphatic rings. The lowest BCUT2D eigenvalue weighted by Gasteiger charge is -2.09. The Labute approximate surface area is 154 Å². The lowest BCUT2D eigenvalue weighted by Crippen LogP contribution is -2.16. The highest BCUT2D eigenvalue weighted by Crippen LogP contribution is 2.16. The number of benzene rings is 3. The number of ether oxygens (including phenoxy) is 1. The highest BCUT2D eigenvalue weighted by Gasteiger charge is 1.99. The molecule has 0 aromatic heterocycles. The van der Waals surface area contributed by atoms with Gasteiger partial charge < -0.3 is 10.1 Å². The summed E-state index contributed by atoms with van der Waals surface area (Å²) >= 11 is 5.90. The van der Waals surface area contributed by atoms with Crippen molar-refractivity contribution in [2.75, 3.05) is 6.54 Å². The highest BCUT2D eigenvalue weighted by molar-refractivity contribution is 6.30. The SMILES string of the molecule is Clc1ccc(COc2cccc(CNCCc3ccccc3)c2)cc1. The van der Waals surface area contributed by atoms with Gasteiger partial charge in [0.2, 0.25) is 0 Å². The van der Waals surface area contributed by atoms with Crippen LogP contribution in [0, 0.1) is 0 Å². The van der Waals surface area contributed by atoms with Crippen LogP contribution in [0.2, 0.25) is 5.02 Å². The van der Waals surface area contributed by atoms with Crippen molar-refractivity contribution in [1.29, 1.82) is 0 Å². The molecule has 25 heavy (non-hydrogen) atoms. The van der Waals surface area contributed by atoms with Crippen molar-refractivity contribution in [2.24, 2.45) is 0 Å². The molecule has 0 atom stereocenters. The van der Waals surface area contributed by atoms with Crippen molar-refractivity contribution < 1.29 is 4.74 Å². The molecule has 1 N–H and O–H groups in total. The Bertz CT molecular complexity index is 772. The molecular weight excluding hydrogens is 330 g/mol. The predicted octanol–water partition coefficient (Wildman–Crippen LogP) is 5.25. The fourth-order valence-corrected chi connectivity index (χ4v) is 2.73. The van der Waals surface area contributed by atoms with E-state index in [0.717, 1.165) is 35.8 Å². The van der Waals surface area contributed by atoms with Crippen molar-refractivity contribution >= 4 is 11.6 Å². The maximum absolute atomic E-state index is 5.90. The van der Waals surface area contributed by atoms with Gasteiger partial charge in [0.25, 0.3) is 0 Å². The summed E-state index contributed by atoms with van der Waals surface area (Å²) in [6, 6.07) is 26.5. The molecule has 0 aliphatic carbocycles. The molecule has 0 heterocycles. The summed E-state index contributed by atoms with van der Waals surface area (Å²) in [7, 11) is 0. The molecular formula is C22H22ClNO. The third kappa shape index (κ3) is 5.93. The monoisotopic (exact) mass is 351 g/mol. The second kappa shape index (κ2) is 9.26. The van der Waals surface area contributed by atoms with E-state index >= 15 is 0 Å². The molecule has 0 spiro atoms. The van der Waals surface area contributed by atoms with E-state index in [1.807, 2.05) is 42.5 Å². The average Bonchev–Trinajstić information content (AvgIpc) is 2.66. The average molecular weight is 352 g/mol. The minimum absolute atomic E-state index is 0.544. The minimum atomic E-state index is 0.544. The van der Waals surface area contributed by atoms with Crippen LogP contribution in [0.5, 0.6) is 5.75 Å². The van der Waals surface area contributed by atoms with E-state index < -0.39 is 0 Å². The normalized spacial score (nSPS) is 10.6. The Kier molecular flexibility index (Phi) is 6.49.